The molecular weight excluding hydrogens is 630 g/mol. The van der Waals surface area contributed by atoms with Crippen LogP contribution in [0.4, 0.5) is 8.78 Å². The molecule has 0 unspecified atom stereocenters. The van der Waals surface area contributed by atoms with E-state index in [9.17, 15) is 18.4 Å². The molecular formula is C42H48F2N4O2. The molecule has 1 aromatic heterocycles. The summed E-state index contributed by atoms with van der Waals surface area (Å²) in [5, 5.41) is 0.403. The third kappa shape index (κ3) is 9.30. The number of carbonyl (C=O) groups excluding carboxylic acids is 1. The Hall–Kier alpha value is -4.69. The Bertz CT molecular complexity index is 1920. The first-order valence-electron chi connectivity index (χ1n) is 17.9. The van der Waals surface area contributed by atoms with Crippen LogP contribution in [-0.4, -0.2) is 51.4 Å². The third-order valence-electron chi connectivity index (χ3n) is 9.53. The summed E-state index contributed by atoms with van der Waals surface area (Å²) < 4.78 is 30.2. The molecule has 8 heteroatoms. The van der Waals surface area contributed by atoms with Gasteiger partial charge in [-0.3, -0.25) is 9.59 Å². The molecule has 4 aromatic carbocycles. The molecule has 0 spiro atoms. The quantitative estimate of drug-likeness (QED) is 0.0931. The van der Waals surface area contributed by atoms with E-state index in [0.29, 0.717) is 29.8 Å². The first kappa shape index (κ1) is 36.6. The molecule has 1 amide bonds. The maximum atomic E-state index is 14.5. The zero-order valence-electron chi connectivity index (χ0n) is 29.5. The van der Waals surface area contributed by atoms with Crippen molar-refractivity contribution in [1.29, 1.82) is 0 Å². The van der Waals surface area contributed by atoms with Gasteiger partial charge in [0.15, 0.2) is 11.6 Å². The van der Waals surface area contributed by atoms with Crippen LogP contribution in [0.1, 0.15) is 62.5 Å². The van der Waals surface area contributed by atoms with Crippen molar-refractivity contribution in [3.8, 4) is 11.1 Å². The largest absolute Gasteiger partial charge is 0.336 e. The molecule has 5 rings (SSSR count). The second-order valence-corrected chi connectivity index (χ2v) is 12.8. The molecule has 0 saturated heterocycles. The number of amides is 1. The van der Waals surface area contributed by atoms with Crippen molar-refractivity contribution in [2.45, 2.75) is 72.4 Å². The van der Waals surface area contributed by atoms with Crippen LogP contribution in [0.15, 0.2) is 95.8 Å². The second kappa shape index (κ2) is 17.8. The van der Waals surface area contributed by atoms with E-state index in [1.54, 1.807) is 22.8 Å². The van der Waals surface area contributed by atoms with Crippen LogP contribution in [0.5, 0.6) is 0 Å². The molecule has 5 aromatic rings. The summed E-state index contributed by atoms with van der Waals surface area (Å²) >= 11 is 0. The molecule has 0 aliphatic heterocycles. The summed E-state index contributed by atoms with van der Waals surface area (Å²) in [6, 6.07) is 28.3. The fourth-order valence-electron chi connectivity index (χ4n) is 6.42. The maximum Gasteiger partial charge on any atom is 0.280 e. The molecule has 0 atom stereocenters. The first-order chi connectivity index (χ1) is 24.3. The molecule has 0 fully saturated rings. The monoisotopic (exact) mass is 678 g/mol. The van der Waals surface area contributed by atoms with E-state index in [1.165, 1.54) is 37.0 Å². The minimum atomic E-state index is -0.922. The number of nitrogens with zero attached hydrogens (tertiary/aromatic N) is 4. The molecule has 1 heterocycles. The van der Waals surface area contributed by atoms with Gasteiger partial charge < -0.3 is 14.4 Å². The second-order valence-electron chi connectivity index (χ2n) is 12.8. The van der Waals surface area contributed by atoms with Crippen LogP contribution in [0.3, 0.4) is 0 Å². The number of unbranched alkanes of at least 4 members (excludes halogenated alkanes) is 2. The van der Waals surface area contributed by atoms with Crippen LogP contribution in [-0.2, 0) is 37.1 Å². The molecule has 50 heavy (non-hydrogen) atoms. The number of fused-ring (bicyclic) bond motifs is 1. The summed E-state index contributed by atoms with van der Waals surface area (Å²) in [4.78, 5) is 35.8. The van der Waals surface area contributed by atoms with Gasteiger partial charge in [0.1, 0.15) is 12.4 Å². The average molecular weight is 679 g/mol. The van der Waals surface area contributed by atoms with Gasteiger partial charge >= 0.3 is 0 Å². The van der Waals surface area contributed by atoms with Gasteiger partial charge in [0, 0.05) is 26.1 Å². The Kier molecular flexibility index (Phi) is 13.0. The van der Waals surface area contributed by atoms with E-state index in [2.05, 4.69) is 79.2 Å². The fraction of sp³-hybridized carbons (Fsp3) is 0.357. The van der Waals surface area contributed by atoms with Crippen molar-refractivity contribution in [1.82, 2.24) is 19.4 Å². The lowest BCUT2D eigenvalue weighted by molar-refractivity contribution is -0.132. The van der Waals surface area contributed by atoms with Crippen molar-refractivity contribution in [3.63, 3.8) is 0 Å². The SMILES string of the molecule is CCCCCc1ccc(-c2ccc(CN(CCN(CC)CC)C(=O)Cn3c(CCc4cccc(F)c4F)nc(=O)c4ccccc43)cc2)cc1. The van der Waals surface area contributed by atoms with E-state index < -0.39 is 17.2 Å². The van der Waals surface area contributed by atoms with Crippen LogP contribution in [0.2, 0.25) is 0 Å². The van der Waals surface area contributed by atoms with Crippen molar-refractivity contribution < 1.29 is 13.6 Å². The number of hydrogen-bond donors (Lipinski definition) is 0. The standard InChI is InChI=1S/C42H48F2N4O2/c1-4-7-8-12-31-17-21-33(22-18-31)34-23-19-32(20-24-34)29-47(28-27-46(5-2)6-3)40(49)30-48-38-16-10-9-14-36(38)42(50)45-39(48)26-25-35-13-11-15-37(43)41(35)44/h9-11,13-24H,4-8,12,25-30H2,1-3H3. The van der Waals surface area contributed by atoms with Crippen LogP contribution in [0, 0.1) is 11.6 Å². The van der Waals surface area contributed by atoms with E-state index in [-0.39, 0.29) is 30.9 Å². The third-order valence-corrected chi connectivity index (χ3v) is 9.53. The highest BCUT2D eigenvalue weighted by atomic mass is 19.2. The van der Waals surface area contributed by atoms with Gasteiger partial charge in [-0.1, -0.05) is 106 Å². The van der Waals surface area contributed by atoms with Crippen molar-refractivity contribution in [3.05, 3.63) is 135 Å². The minimum absolute atomic E-state index is 0.0459. The number of hydrogen-bond acceptors (Lipinski definition) is 4. The number of aromatic nitrogens is 2. The number of halogens is 2. The molecule has 0 aliphatic carbocycles. The van der Waals surface area contributed by atoms with Crippen LogP contribution >= 0.6 is 0 Å². The number of carbonyl (C=O) groups is 1. The van der Waals surface area contributed by atoms with Crippen LogP contribution < -0.4 is 5.56 Å². The Morgan fingerprint density at radius 1 is 0.740 bits per heavy atom. The van der Waals surface area contributed by atoms with Crippen molar-refractivity contribution >= 4 is 16.8 Å². The highest BCUT2D eigenvalue weighted by molar-refractivity contribution is 5.82. The molecule has 0 N–H and O–H groups in total. The number of para-hydroxylation sites is 1. The summed E-state index contributed by atoms with van der Waals surface area (Å²) in [5.74, 6) is -1.59. The summed E-state index contributed by atoms with van der Waals surface area (Å²) in [6.45, 7) is 9.81. The average Bonchev–Trinajstić information content (AvgIpc) is 3.14. The summed E-state index contributed by atoms with van der Waals surface area (Å²) in [7, 11) is 0. The van der Waals surface area contributed by atoms with E-state index in [1.807, 2.05) is 11.0 Å². The topological polar surface area (TPSA) is 58.4 Å². The number of likely N-dealkylation sites (N-methyl/N-ethyl adjacent to an activating group) is 1. The summed E-state index contributed by atoms with van der Waals surface area (Å²) in [6.07, 6.45) is 5.06. The Morgan fingerprint density at radius 3 is 2.10 bits per heavy atom. The minimum Gasteiger partial charge on any atom is -0.336 e. The lowest BCUT2D eigenvalue weighted by atomic mass is 10.0. The van der Waals surface area contributed by atoms with Crippen LogP contribution in [0.25, 0.3) is 22.0 Å². The maximum absolute atomic E-state index is 14.5. The predicted octanol–water partition coefficient (Wildman–Crippen LogP) is 8.23. The van der Waals surface area contributed by atoms with Gasteiger partial charge in [0.05, 0.1) is 10.9 Å². The van der Waals surface area contributed by atoms with Gasteiger partial charge in [-0.15, -0.1) is 0 Å². The summed E-state index contributed by atoms with van der Waals surface area (Å²) in [5.41, 5.74) is 5.02. The molecule has 0 saturated carbocycles. The lowest BCUT2D eigenvalue weighted by Crippen LogP contribution is -2.40. The fourth-order valence-corrected chi connectivity index (χ4v) is 6.42. The molecule has 0 bridgehead atoms. The van der Waals surface area contributed by atoms with Crippen molar-refractivity contribution in [2.75, 3.05) is 26.2 Å². The molecule has 0 aliphatic rings. The van der Waals surface area contributed by atoms with Crippen molar-refractivity contribution in [2.24, 2.45) is 0 Å². The van der Waals surface area contributed by atoms with E-state index in [0.717, 1.165) is 48.8 Å². The van der Waals surface area contributed by atoms with Gasteiger partial charge in [0.25, 0.3) is 5.56 Å². The number of benzene rings is 4. The Morgan fingerprint density at radius 2 is 1.42 bits per heavy atom. The van der Waals surface area contributed by atoms with Gasteiger partial charge in [-0.2, -0.15) is 4.98 Å². The molecule has 262 valence electrons. The molecule has 0 radical (unpaired) electrons. The Labute approximate surface area is 294 Å². The lowest BCUT2D eigenvalue weighted by Gasteiger charge is -2.28. The van der Waals surface area contributed by atoms with Gasteiger partial charge in [-0.25, -0.2) is 8.78 Å². The number of aryl methyl sites for hydroxylation is 3. The number of rotatable bonds is 17. The zero-order valence-corrected chi connectivity index (χ0v) is 29.5. The normalized spacial score (nSPS) is 11.4. The molecule has 6 nitrogen and oxygen atoms in total. The van der Waals surface area contributed by atoms with E-state index >= 15 is 0 Å². The van der Waals surface area contributed by atoms with E-state index in [4.69, 9.17) is 0 Å². The Balaban J connectivity index is 1.39. The smallest absolute Gasteiger partial charge is 0.280 e. The highest BCUT2D eigenvalue weighted by Crippen LogP contribution is 2.23. The highest BCUT2D eigenvalue weighted by Gasteiger charge is 2.20. The zero-order chi connectivity index (χ0) is 35.5. The predicted molar refractivity (Wildman–Crippen MR) is 198 cm³/mol. The first-order valence-corrected chi connectivity index (χ1v) is 17.9. The van der Waals surface area contributed by atoms with Gasteiger partial charge in [0.2, 0.25) is 5.91 Å². The van der Waals surface area contributed by atoms with Gasteiger partial charge in [-0.05, 0) is 78.4 Å².